The number of hydrogen-bond donors (Lipinski definition) is 1. The minimum atomic E-state index is -0.222. The summed E-state index contributed by atoms with van der Waals surface area (Å²) in [4.78, 5) is 16.2. The van der Waals surface area contributed by atoms with Gasteiger partial charge < -0.3 is 15.1 Å². The molecular formula is C12H20ClN5O. The molecule has 0 saturated carbocycles. The van der Waals surface area contributed by atoms with E-state index < -0.39 is 0 Å². The van der Waals surface area contributed by atoms with E-state index in [2.05, 4.69) is 10.4 Å². The van der Waals surface area contributed by atoms with Crippen LogP contribution in [-0.4, -0.2) is 61.5 Å². The second-order valence-electron chi connectivity index (χ2n) is 5.10. The van der Waals surface area contributed by atoms with Gasteiger partial charge in [-0.3, -0.25) is 4.79 Å². The van der Waals surface area contributed by atoms with E-state index in [-0.39, 0.29) is 10.6 Å². The Morgan fingerprint density at radius 1 is 1.47 bits per heavy atom. The zero-order chi connectivity index (χ0) is 14.0. The number of aromatic nitrogens is 2. The Bertz CT molecular complexity index is 497. The van der Waals surface area contributed by atoms with E-state index >= 15 is 0 Å². The van der Waals surface area contributed by atoms with Crippen LogP contribution in [0.3, 0.4) is 0 Å². The fourth-order valence-corrected chi connectivity index (χ4v) is 2.18. The van der Waals surface area contributed by atoms with E-state index in [1.54, 1.807) is 6.20 Å². The highest BCUT2D eigenvalue weighted by atomic mass is 35.5. The molecule has 1 saturated heterocycles. The zero-order valence-corrected chi connectivity index (χ0v) is 12.3. The smallest absolute Gasteiger partial charge is 0.287 e. The van der Waals surface area contributed by atoms with Gasteiger partial charge in [0.2, 0.25) is 0 Å². The lowest BCUT2D eigenvalue weighted by Crippen LogP contribution is -2.56. The van der Waals surface area contributed by atoms with Crippen LogP contribution in [0.15, 0.2) is 11.0 Å². The number of nitrogens with zero attached hydrogens (tertiary/aromatic N) is 4. The third-order valence-corrected chi connectivity index (χ3v) is 3.77. The second kappa shape index (κ2) is 5.90. The molecule has 1 aromatic heterocycles. The van der Waals surface area contributed by atoms with Crippen molar-refractivity contribution >= 4 is 17.3 Å². The van der Waals surface area contributed by atoms with E-state index in [1.807, 2.05) is 30.9 Å². The normalized spacial score (nSPS) is 15.6. The summed E-state index contributed by atoms with van der Waals surface area (Å²) < 4.78 is 1.42. The molecule has 6 nitrogen and oxygen atoms in total. The van der Waals surface area contributed by atoms with Gasteiger partial charge in [-0.25, -0.2) is 4.68 Å². The summed E-state index contributed by atoms with van der Waals surface area (Å²) >= 11 is 6.18. The Morgan fingerprint density at radius 2 is 2.16 bits per heavy atom. The predicted octanol–water partition coefficient (Wildman–Crippen LogP) is -0.134. The van der Waals surface area contributed by atoms with Gasteiger partial charge >= 0.3 is 0 Å². The lowest BCUT2D eigenvalue weighted by molar-refractivity contribution is 0.367. The Hall–Kier alpha value is -1.11. The van der Waals surface area contributed by atoms with Crippen LogP contribution in [0.2, 0.25) is 5.02 Å². The molecule has 2 heterocycles. The van der Waals surface area contributed by atoms with Crippen LogP contribution in [0.25, 0.3) is 0 Å². The van der Waals surface area contributed by atoms with Crippen molar-refractivity contribution < 1.29 is 0 Å². The van der Waals surface area contributed by atoms with Gasteiger partial charge in [0.15, 0.2) is 0 Å². The highest BCUT2D eigenvalue weighted by Gasteiger charge is 2.24. The van der Waals surface area contributed by atoms with E-state index in [0.29, 0.717) is 18.3 Å². The van der Waals surface area contributed by atoms with Crippen LogP contribution in [0.4, 0.5) is 5.69 Å². The quantitative estimate of drug-likeness (QED) is 0.817. The van der Waals surface area contributed by atoms with Gasteiger partial charge in [0.05, 0.1) is 24.5 Å². The molecule has 19 heavy (non-hydrogen) atoms. The topological polar surface area (TPSA) is 53.4 Å². The van der Waals surface area contributed by atoms with Crippen LogP contribution in [0, 0.1) is 0 Å². The van der Waals surface area contributed by atoms with E-state index in [4.69, 9.17) is 11.6 Å². The van der Waals surface area contributed by atoms with Gasteiger partial charge in [-0.1, -0.05) is 11.6 Å². The fourth-order valence-electron chi connectivity index (χ4n) is 1.90. The fraction of sp³-hybridized carbons (Fsp3) is 0.667. The lowest BCUT2D eigenvalue weighted by atomic mass is 10.1. The van der Waals surface area contributed by atoms with Crippen LogP contribution in [-0.2, 0) is 6.54 Å². The Morgan fingerprint density at radius 3 is 2.68 bits per heavy atom. The van der Waals surface area contributed by atoms with Gasteiger partial charge in [0.1, 0.15) is 5.02 Å². The van der Waals surface area contributed by atoms with Crippen molar-refractivity contribution in [2.45, 2.75) is 12.6 Å². The average molecular weight is 286 g/mol. The molecular weight excluding hydrogens is 266 g/mol. The maximum atomic E-state index is 12.1. The van der Waals surface area contributed by atoms with Crippen molar-refractivity contribution in [3.8, 4) is 0 Å². The molecule has 1 aliphatic rings. The molecule has 1 fully saturated rings. The van der Waals surface area contributed by atoms with Crippen LogP contribution in [0.5, 0.6) is 0 Å². The number of hydrogen-bond acceptors (Lipinski definition) is 5. The van der Waals surface area contributed by atoms with Crippen molar-refractivity contribution in [2.75, 3.05) is 45.7 Å². The monoisotopic (exact) mass is 285 g/mol. The van der Waals surface area contributed by atoms with Gasteiger partial charge in [-0.05, 0) is 14.1 Å². The maximum Gasteiger partial charge on any atom is 0.287 e. The highest BCUT2D eigenvalue weighted by molar-refractivity contribution is 6.33. The van der Waals surface area contributed by atoms with E-state index in [9.17, 15) is 4.79 Å². The minimum Gasteiger partial charge on any atom is -0.366 e. The molecule has 1 aliphatic heterocycles. The molecule has 2 rings (SSSR count). The average Bonchev–Trinajstić information content (AvgIpc) is 2.28. The van der Waals surface area contributed by atoms with Crippen LogP contribution >= 0.6 is 11.6 Å². The summed E-state index contributed by atoms with van der Waals surface area (Å²) in [7, 11) is 5.86. The van der Waals surface area contributed by atoms with Crippen molar-refractivity contribution in [2.24, 2.45) is 0 Å². The molecule has 0 amide bonds. The lowest BCUT2D eigenvalue weighted by Gasteiger charge is -2.37. The van der Waals surface area contributed by atoms with Crippen molar-refractivity contribution in [3.05, 3.63) is 21.6 Å². The molecule has 0 radical (unpaired) electrons. The number of rotatable bonds is 5. The molecule has 0 bridgehead atoms. The standard InChI is InChI=1S/C12H20ClN5O/c1-16(2)4-5-18-12(19)11(13)10(8-15-18)17(3)9-6-14-7-9/h8-9,14H,4-7H2,1-3H3. The highest BCUT2D eigenvalue weighted by Crippen LogP contribution is 2.22. The molecule has 0 unspecified atom stereocenters. The molecule has 1 aromatic rings. The van der Waals surface area contributed by atoms with Crippen molar-refractivity contribution in [3.63, 3.8) is 0 Å². The van der Waals surface area contributed by atoms with Gasteiger partial charge in [0.25, 0.3) is 5.56 Å². The molecule has 106 valence electrons. The van der Waals surface area contributed by atoms with Crippen LogP contribution in [0.1, 0.15) is 0 Å². The van der Waals surface area contributed by atoms with Crippen molar-refractivity contribution in [1.82, 2.24) is 20.0 Å². The summed E-state index contributed by atoms with van der Waals surface area (Å²) in [5.41, 5.74) is 0.486. The molecule has 0 spiro atoms. The molecule has 1 N–H and O–H groups in total. The first-order valence-electron chi connectivity index (χ1n) is 6.34. The van der Waals surface area contributed by atoms with E-state index in [1.165, 1.54) is 4.68 Å². The minimum absolute atomic E-state index is 0.222. The molecule has 7 heteroatoms. The molecule has 0 atom stereocenters. The first-order valence-corrected chi connectivity index (χ1v) is 6.72. The number of nitrogens with one attached hydrogen (secondary N) is 1. The first-order chi connectivity index (χ1) is 9.00. The van der Waals surface area contributed by atoms with Gasteiger partial charge in [0, 0.05) is 26.7 Å². The SMILES string of the molecule is CN(C)CCn1ncc(N(C)C2CNC2)c(Cl)c1=O. The summed E-state index contributed by atoms with van der Waals surface area (Å²) in [6.07, 6.45) is 1.68. The second-order valence-corrected chi connectivity index (χ2v) is 5.48. The summed E-state index contributed by atoms with van der Waals surface area (Å²) in [6.45, 7) is 3.12. The predicted molar refractivity (Wildman–Crippen MR) is 77.1 cm³/mol. The molecule has 0 aliphatic carbocycles. The largest absolute Gasteiger partial charge is 0.366 e. The Kier molecular flexibility index (Phi) is 4.44. The first kappa shape index (κ1) is 14.3. The number of halogens is 1. The summed E-state index contributed by atoms with van der Waals surface area (Å²) in [6, 6.07) is 0.385. The van der Waals surface area contributed by atoms with Gasteiger partial charge in [-0.2, -0.15) is 5.10 Å². The number of likely N-dealkylation sites (N-methyl/N-ethyl adjacent to an activating group) is 2. The molecule has 0 aromatic carbocycles. The maximum absolute atomic E-state index is 12.1. The van der Waals surface area contributed by atoms with Crippen LogP contribution < -0.4 is 15.8 Å². The van der Waals surface area contributed by atoms with Gasteiger partial charge in [-0.15, -0.1) is 0 Å². The number of anilines is 1. The summed E-state index contributed by atoms with van der Waals surface area (Å²) in [5, 5.41) is 7.65. The zero-order valence-electron chi connectivity index (χ0n) is 11.6. The Balaban J connectivity index is 2.19. The third kappa shape index (κ3) is 3.08. The third-order valence-electron chi connectivity index (χ3n) is 3.41. The van der Waals surface area contributed by atoms with E-state index in [0.717, 1.165) is 19.6 Å². The summed E-state index contributed by atoms with van der Waals surface area (Å²) in [5.74, 6) is 0. The van der Waals surface area contributed by atoms with Crippen molar-refractivity contribution in [1.29, 1.82) is 0 Å². The Labute approximate surface area is 117 Å².